The van der Waals surface area contributed by atoms with Gasteiger partial charge in [0, 0.05) is 11.1 Å². The van der Waals surface area contributed by atoms with Crippen LogP contribution in [-0.4, -0.2) is 16.0 Å². The molecule has 0 saturated heterocycles. The molecular formula is C11H11N3O2S. The second-order valence-corrected chi connectivity index (χ2v) is 4.42. The Labute approximate surface area is 102 Å². The quantitative estimate of drug-likeness (QED) is 0.377. The standard InChI is InChI=1S/C11H11N3O2S/c1-7-10(4-5-16-7)17-8-2-3-9(13-6-8)11(12)14-15/h2-6,15H,1H3,(H2,12,14). The summed E-state index contributed by atoms with van der Waals surface area (Å²) in [6, 6.07) is 5.46. The van der Waals surface area contributed by atoms with Gasteiger partial charge >= 0.3 is 0 Å². The van der Waals surface area contributed by atoms with Crippen molar-refractivity contribution in [3.8, 4) is 0 Å². The molecule has 2 rings (SSSR count). The Morgan fingerprint density at radius 3 is 2.82 bits per heavy atom. The van der Waals surface area contributed by atoms with E-state index >= 15 is 0 Å². The number of furan rings is 1. The molecule has 0 fully saturated rings. The molecule has 0 bridgehead atoms. The van der Waals surface area contributed by atoms with Gasteiger partial charge in [-0.3, -0.25) is 4.98 Å². The monoisotopic (exact) mass is 249 g/mol. The van der Waals surface area contributed by atoms with Crippen LogP contribution in [0.1, 0.15) is 11.5 Å². The van der Waals surface area contributed by atoms with Crippen LogP contribution in [-0.2, 0) is 0 Å². The molecule has 0 aliphatic heterocycles. The molecule has 88 valence electrons. The number of oxime groups is 1. The number of hydrogen-bond acceptors (Lipinski definition) is 5. The van der Waals surface area contributed by atoms with E-state index in [1.54, 1.807) is 30.3 Å². The van der Waals surface area contributed by atoms with Crippen molar-refractivity contribution < 1.29 is 9.62 Å². The number of hydrogen-bond donors (Lipinski definition) is 2. The van der Waals surface area contributed by atoms with Gasteiger partial charge in [-0.25, -0.2) is 0 Å². The van der Waals surface area contributed by atoms with E-state index in [-0.39, 0.29) is 5.84 Å². The van der Waals surface area contributed by atoms with E-state index in [1.807, 2.05) is 19.1 Å². The largest absolute Gasteiger partial charge is 0.468 e. The van der Waals surface area contributed by atoms with E-state index in [9.17, 15) is 0 Å². The number of pyridine rings is 1. The molecule has 6 heteroatoms. The SMILES string of the molecule is Cc1occc1Sc1ccc(/C(N)=N/O)nc1. The Bertz CT molecular complexity index is 534. The maximum absolute atomic E-state index is 8.51. The van der Waals surface area contributed by atoms with E-state index in [4.69, 9.17) is 15.4 Å². The Balaban J connectivity index is 2.17. The van der Waals surface area contributed by atoms with E-state index in [0.29, 0.717) is 5.69 Å². The van der Waals surface area contributed by atoms with Crippen LogP contribution in [0.4, 0.5) is 0 Å². The minimum absolute atomic E-state index is 0.000965. The van der Waals surface area contributed by atoms with Gasteiger partial charge in [0.25, 0.3) is 0 Å². The van der Waals surface area contributed by atoms with E-state index < -0.39 is 0 Å². The highest BCUT2D eigenvalue weighted by atomic mass is 32.2. The number of nitrogens with zero attached hydrogens (tertiary/aromatic N) is 2. The van der Waals surface area contributed by atoms with Crippen LogP contribution in [0, 0.1) is 6.92 Å². The van der Waals surface area contributed by atoms with Crippen molar-refractivity contribution in [1.29, 1.82) is 0 Å². The van der Waals surface area contributed by atoms with Gasteiger partial charge in [-0.15, -0.1) is 0 Å². The number of amidine groups is 1. The fourth-order valence-electron chi connectivity index (χ4n) is 1.25. The van der Waals surface area contributed by atoms with Crippen molar-refractivity contribution in [3.05, 3.63) is 42.1 Å². The Morgan fingerprint density at radius 1 is 1.47 bits per heavy atom. The van der Waals surface area contributed by atoms with Gasteiger partial charge in [-0.1, -0.05) is 16.9 Å². The van der Waals surface area contributed by atoms with E-state index in [2.05, 4.69) is 10.1 Å². The third kappa shape index (κ3) is 2.59. The molecule has 2 heterocycles. The molecule has 0 unspecified atom stereocenters. The minimum Gasteiger partial charge on any atom is -0.468 e. The molecule has 17 heavy (non-hydrogen) atoms. The molecule has 3 N–H and O–H groups in total. The Morgan fingerprint density at radius 2 is 2.29 bits per heavy atom. The summed E-state index contributed by atoms with van der Waals surface area (Å²) in [5.74, 6) is 0.872. The third-order valence-corrected chi connectivity index (χ3v) is 3.27. The molecule has 0 amide bonds. The molecule has 2 aromatic heterocycles. The van der Waals surface area contributed by atoms with Crippen LogP contribution in [0.3, 0.4) is 0 Å². The first-order valence-electron chi connectivity index (χ1n) is 4.86. The maximum Gasteiger partial charge on any atom is 0.188 e. The van der Waals surface area contributed by atoms with Crippen molar-refractivity contribution in [3.63, 3.8) is 0 Å². The first kappa shape index (κ1) is 11.5. The highest BCUT2D eigenvalue weighted by molar-refractivity contribution is 7.99. The zero-order chi connectivity index (χ0) is 12.3. The number of rotatable bonds is 3. The summed E-state index contributed by atoms with van der Waals surface area (Å²) in [6.07, 6.45) is 3.32. The second kappa shape index (κ2) is 4.92. The minimum atomic E-state index is 0.000965. The summed E-state index contributed by atoms with van der Waals surface area (Å²) in [5.41, 5.74) is 5.87. The van der Waals surface area contributed by atoms with Crippen molar-refractivity contribution in [2.45, 2.75) is 16.7 Å². The predicted molar refractivity (Wildman–Crippen MR) is 64.3 cm³/mol. The van der Waals surface area contributed by atoms with Crippen LogP contribution >= 0.6 is 11.8 Å². The van der Waals surface area contributed by atoms with Crippen LogP contribution < -0.4 is 5.73 Å². The fraction of sp³-hybridized carbons (Fsp3) is 0.0909. The molecule has 5 nitrogen and oxygen atoms in total. The van der Waals surface area contributed by atoms with Gasteiger partial charge in [0.05, 0.1) is 11.2 Å². The number of aromatic nitrogens is 1. The van der Waals surface area contributed by atoms with Crippen LogP contribution in [0.15, 0.2) is 50.0 Å². The lowest BCUT2D eigenvalue weighted by Crippen LogP contribution is -2.14. The molecule has 0 atom stereocenters. The molecular weight excluding hydrogens is 238 g/mol. The molecule has 0 aliphatic carbocycles. The lowest BCUT2D eigenvalue weighted by Gasteiger charge is -2.01. The molecule has 0 aromatic carbocycles. The lowest BCUT2D eigenvalue weighted by atomic mass is 10.3. The number of aryl methyl sites for hydroxylation is 1. The average molecular weight is 249 g/mol. The zero-order valence-corrected chi connectivity index (χ0v) is 9.94. The number of nitrogens with two attached hydrogens (primary N) is 1. The molecule has 0 aliphatic rings. The summed E-state index contributed by atoms with van der Waals surface area (Å²) < 4.78 is 5.20. The topological polar surface area (TPSA) is 84.6 Å². The molecule has 2 aromatic rings. The van der Waals surface area contributed by atoms with Crippen molar-refractivity contribution in [2.75, 3.05) is 0 Å². The Hall–Kier alpha value is -1.95. The highest BCUT2D eigenvalue weighted by Gasteiger charge is 2.05. The summed E-state index contributed by atoms with van der Waals surface area (Å²) in [4.78, 5) is 6.10. The van der Waals surface area contributed by atoms with Crippen molar-refractivity contribution in [2.24, 2.45) is 10.9 Å². The van der Waals surface area contributed by atoms with E-state index in [1.165, 1.54) is 0 Å². The van der Waals surface area contributed by atoms with Crippen LogP contribution in [0.5, 0.6) is 0 Å². The van der Waals surface area contributed by atoms with Crippen molar-refractivity contribution >= 4 is 17.6 Å². The lowest BCUT2D eigenvalue weighted by molar-refractivity contribution is 0.318. The van der Waals surface area contributed by atoms with Gasteiger partial charge in [-0.2, -0.15) is 0 Å². The third-order valence-electron chi connectivity index (χ3n) is 2.15. The van der Waals surface area contributed by atoms with Crippen molar-refractivity contribution in [1.82, 2.24) is 4.98 Å². The normalized spacial score (nSPS) is 11.7. The molecule has 0 saturated carbocycles. The zero-order valence-electron chi connectivity index (χ0n) is 9.12. The van der Waals surface area contributed by atoms with Crippen LogP contribution in [0.2, 0.25) is 0 Å². The first-order valence-corrected chi connectivity index (χ1v) is 5.68. The summed E-state index contributed by atoms with van der Waals surface area (Å²) in [6.45, 7) is 1.90. The summed E-state index contributed by atoms with van der Waals surface area (Å²) >= 11 is 1.55. The van der Waals surface area contributed by atoms with Gasteiger partial charge in [0.1, 0.15) is 11.5 Å². The summed E-state index contributed by atoms with van der Waals surface area (Å²) in [7, 11) is 0. The molecule has 0 spiro atoms. The van der Waals surface area contributed by atoms with Crippen LogP contribution in [0.25, 0.3) is 0 Å². The fourth-order valence-corrected chi connectivity index (χ4v) is 2.06. The maximum atomic E-state index is 8.51. The summed E-state index contributed by atoms with van der Waals surface area (Å²) in [5, 5.41) is 11.4. The second-order valence-electron chi connectivity index (χ2n) is 3.31. The van der Waals surface area contributed by atoms with Gasteiger partial charge < -0.3 is 15.4 Å². The van der Waals surface area contributed by atoms with Gasteiger partial charge in [-0.05, 0) is 25.1 Å². The predicted octanol–water partition coefficient (Wildman–Crippen LogP) is 2.23. The van der Waals surface area contributed by atoms with E-state index in [0.717, 1.165) is 15.6 Å². The highest BCUT2D eigenvalue weighted by Crippen LogP contribution is 2.30. The molecule has 0 radical (unpaired) electrons. The Kier molecular flexibility index (Phi) is 3.34. The van der Waals surface area contributed by atoms with Gasteiger partial charge in [0.2, 0.25) is 0 Å². The van der Waals surface area contributed by atoms with Gasteiger partial charge in [0.15, 0.2) is 5.84 Å². The average Bonchev–Trinajstić information content (AvgIpc) is 2.75. The first-order chi connectivity index (χ1) is 8.20. The smallest absolute Gasteiger partial charge is 0.188 e.